The molecule has 0 bridgehead atoms. The summed E-state index contributed by atoms with van der Waals surface area (Å²) < 4.78 is 66.0. The Morgan fingerprint density at radius 2 is 1.45 bits per heavy atom. The quantitative estimate of drug-likeness (QED) is 0.668. The van der Waals surface area contributed by atoms with Crippen molar-refractivity contribution in [1.29, 1.82) is 5.26 Å². The average molecular weight is 284 g/mol. The summed E-state index contributed by atoms with van der Waals surface area (Å²) in [5, 5.41) is 10.6. The Labute approximate surface area is 110 Å². The van der Waals surface area contributed by atoms with Crippen molar-refractivity contribution in [2.45, 2.75) is 0 Å². The maximum absolute atomic E-state index is 13.6. The van der Waals surface area contributed by atoms with Gasteiger partial charge in [-0.2, -0.15) is 5.26 Å². The van der Waals surface area contributed by atoms with Crippen LogP contribution < -0.4 is 5.32 Å². The largest absolute Gasteiger partial charge is 0.351 e. The first kappa shape index (κ1) is 13.8. The molecule has 0 aromatic heterocycles. The van der Waals surface area contributed by atoms with Crippen molar-refractivity contribution in [2.24, 2.45) is 0 Å². The highest BCUT2D eigenvalue weighted by Crippen LogP contribution is 2.26. The highest BCUT2D eigenvalue weighted by Gasteiger charge is 2.16. The fraction of sp³-hybridized carbons (Fsp3) is 0. The van der Waals surface area contributed by atoms with Gasteiger partial charge in [-0.05, 0) is 12.1 Å². The third kappa shape index (κ3) is 2.40. The average Bonchev–Trinajstić information content (AvgIpc) is 2.41. The second kappa shape index (κ2) is 5.17. The molecule has 0 atom stereocenters. The number of nitriles is 1. The number of hydrogen-bond acceptors (Lipinski definition) is 2. The summed E-state index contributed by atoms with van der Waals surface area (Å²) in [5.74, 6) is -6.76. The Hall–Kier alpha value is -2.62. The molecule has 0 aliphatic rings. The molecule has 0 radical (unpaired) electrons. The molecule has 0 saturated heterocycles. The van der Waals surface area contributed by atoms with Crippen molar-refractivity contribution < 1.29 is 22.0 Å². The maximum atomic E-state index is 13.6. The topological polar surface area (TPSA) is 35.8 Å². The van der Waals surface area contributed by atoms with Crippen LogP contribution in [0, 0.1) is 40.4 Å². The Morgan fingerprint density at radius 3 is 2.10 bits per heavy atom. The summed E-state index contributed by atoms with van der Waals surface area (Å²) in [6, 6.07) is 4.13. The Morgan fingerprint density at radius 1 is 0.800 bits per heavy atom. The summed E-state index contributed by atoms with van der Waals surface area (Å²) in [7, 11) is 0. The van der Waals surface area contributed by atoms with Gasteiger partial charge in [0, 0.05) is 12.1 Å². The van der Waals surface area contributed by atoms with Crippen LogP contribution in [-0.2, 0) is 0 Å². The van der Waals surface area contributed by atoms with E-state index in [0.717, 1.165) is 12.1 Å². The molecule has 0 unspecified atom stereocenters. The zero-order chi connectivity index (χ0) is 14.9. The van der Waals surface area contributed by atoms with E-state index in [1.165, 1.54) is 6.07 Å². The van der Waals surface area contributed by atoms with E-state index in [1.807, 2.05) is 0 Å². The van der Waals surface area contributed by atoms with E-state index >= 15 is 0 Å². The number of hydrogen-bond donors (Lipinski definition) is 1. The standard InChI is InChI=1S/C13H5F5N2/c14-7-3-9(16)11(4-8(7)15)20-10-2-1-6(5-19)12(17)13(10)18/h1-4,20H. The molecule has 0 amide bonds. The number of benzene rings is 2. The predicted octanol–water partition coefficient (Wildman–Crippen LogP) is 4.00. The van der Waals surface area contributed by atoms with Gasteiger partial charge in [-0.3, -0.25) is 0 Å². The molecule has 0 heterocycles. The molecule has 102 valence electrons. The van der Waals surface area contributed by atoms with Crippen LogP contribution in [0.1, 0.15) is 5.56 Å². The summed E-state index contributed by atoms with van der Waals surface area (Å²) in [5.41, 5.74) is -1.60. The van der Waals surface area contributed by atoms with Gasteiger partial charge in [-0.1, -0.05) is 0 Å². The fourth-order valence-corrected chi connectivity index (χ4v) is 1.50. The lowest BCUT2D eigenvalue weighted by Gasteiger charge is -2.10. The molecule has 0 spiro atoms. The van der Waals surface area contributed by atoms with Crippen LogP contribution in [0.3, 0.4) is 0 Å². The smallest absolute Gasteiger partial charge is 0.183 e. The van der Waals surface area contributed by atoms with E-state index in [4.69, 9.17) is 5.26 Å². The van der Waals surface area contributed by atoms with Gasteiger partial charge in [0.15, 0.2) is 23.3 Å². The van der Waals surface area contributed by atoms with Crippen molar-refractivity contribution in [2.75, 3.05) is 5.32 Å². The van der Waals surface area contributed by atoms with E-state index < -0.39 is 46.0 Å². The maximum Gasteiger partial charge on any atom is 0.183 e. The van der Waals surface area contributed by atoms with Crippen LogP contribution in [0.2, 0.25) is 0 Å². The number of halogens is 5. The highest BCUT2D eigenvalue weighted by atomic mass is 19.2. The Balaban J connectivity index is 2.44. The summed E-state index contributed by atoms with van der Waals surface area (Å²) in [6.45, 7) is 0. The van der Waals surface area contributed by atoms with Crippen molar-refractivity contribution >= 4 is 11.4 Å². The van der Waals surface area contributed by atoms with Gasteiger partial charge < -0.3 is 5.32 Å². The van der Waals surface area contributed by atoms with E-state index in [1.54, 1.807) is 0 Å². The monoisotopic (exact) mass is 284 g/mol. The number of nitrogens with one attached hydrogen (secondary N) is 1. The third-order valence-corrected chi connectivity index (χ3v) is 2.48. The second-order valence-electron chi connectivity index (χ2n) is 3.77. The first-order chi connectivity index (χ1) is 9.43. The lowest BCUT2D eigenvalue weighted by molar-refractivity contribution is 0.496. The minimum Gasteiger partial charge on any atom is -0.351 e. The zero-order valence-electron chi connectivity index (χ0n) is 9.65. The van der Waals surface area contributed by atoms with Crippen molar-refractivity contribution in [3.8, 4) is 6.07 Å². The minimum absolute atomic E-state index is 0.273. The second-order valence-corrected chi connectivity index (χ2v) is 3.77. The van der Waals surface area contributed by atoms with Crippen molar-refractivity contribution in [1.82, 2.24) is 0 Å². The molecule has 0 aliphatic heterocycles. The molecule has 7 heteroatoms. The van der Waals surface area contributed by atoms with Crippen LogP contribution in [-0.4, -0.2) is 0 Å². The molecule has 2 aromatic rings. The van der Waals surface area contributed by atoms with E-state index in [9.17, 15) is 22.0 Å². The molecular formula is C13H5F5N2. The molecule has 1 N–H and O–H groups in total. The van der Waals surface area contributed by atoms with Crippen molar-refractivity contribution in [3.05, 3.63) is 58.9 Å². The van der Waals surface area contributed by atoms with E-state index in [0.29, 0.717) is 6.07 Å². The molecule has 2 aromatic carbocycles. The number of rotatable bonds is 2. The normalized spacial score (nSPS) is 10.2. The molecule has 2 rings (SSSR count). The molecule has 20 heavy (non-hydrogen) atoms. The summed E-state index contributed by atoms with van der Waals surface area (Å²) in [4.78, 5) is 0. The van der Waals surface area contributed by atoms with Crippen LogP contribution in [0.4, 0.5) is 33.3 Å². The molecule has 2 nitrogen and oxygen atoms in total. The van der Waals surface area contributed by atoms with E-state index in [2.05, 4.69) is 5.32 Å². The van der Waals surface area contributed by atoms with Gasteiger partial charge in [-0.15, -0.1) is 0 Å². The molecular weight excluding hydrogens is 279 g/mol. The van der Waals surface area contributed by atoms with Crippen LogP contribution in [0.15, 0.2) is 24.3 Å². The van der Waals surface area contributed by atoms with Crippen LogP contribution >= 0.6 is 0 Å². The Kier molecular flexibility index (Phi) is 3.57. The molecule has 0 aliphatic carbocycles. The number of anilines is 2. The third-order valence-electron chi connectivity index (χ3n) is 2.48. The molecule has 0 saturated carbocycles. The minimum atomic E-state index is -1.42. The fourth-order valence-electron chi connectivity index (χ4n) is 1.50. The SMILES string of the molecule is N#Cc1ccc(Nc2cc(F)c(F)cc2F)c(F)c1F. The van der Waals surface area contributed by atoms with Gasteiger partial charge >= 0.3 is 0 Å². The lowest BCUT2D eigenvalue weighted by atomic mass is 10.2. The van der Waals surface area contributed by atoms with Crippen LogP contribution in [0.5, 0.6) is 0 Å². The summed E-state index contributed by atoms with van der Waals surface area (Å²) in [6.07, 6.45) is 0. The van der Waals surface area contributed by atoms with Gasteiger partial charge in [0.2, 0.25) is 0 Å². The summed E-state index contributed by atoms with van der Waals surface area (Å²) >= 11 is 0. The highest BCUT2D eigenvalue weighted by molar-refractivity contribution is 5.62. The van der Waals surface area contributed by atoms with Gasteiger partial charge in [0.05, 0.1) is 16.9 Å². The molecule has 0 fully saturated rings. The Bertz CT molecular complexity index is 722. The van der Waals surface area contributed by atoms with Gasteiger partial charge in [-0.25, -0.2) is 22.0 Å². The van der Waals surface area contributed by atoms with Crippen molar-refractivity contribution in [3.63, 3.8) is 0 Å². The van der Waals surface area contributed by atoms with Gasteiger partial charge in [0.25, 0.3) is 0 Å². The lowest BCUT2D eigenvalue weighted by Crippen LogP contribution is -2.01. The number of nitrogens with zero attached hydrogens (tertiary/aromatic N) is 1. The first-order valence-corrected chi connectivity index (χ1v) is 5.23. The van der Waals surface area contributed by atoms with Gasteiger partial charge in [0.1, 0.15) is 11.9 Å². The van der Waals surface area contributed by atoms with E-state index in [-0.39, 0.29) is 6.07 Å². The van der Waals surface area contributed by atoms with Crippen LogP contribution in [0.25, 0.3) is 0 Å². The first-order valence-electron chi connectivity index (χ1n) is 5.23. The zero-order valence-corrected chi connectivity index (χ0v) is 9.65. The predicted molar refractivity (Wildman–Crippen MR) is 60.7 cm³/mol.